The van der Waals surface area contributed by atoms with Gasteiger partial charge in [-0.05, 0) is 29.6 Å². The van der Waals surface area contributed by atoms with Gasteiger partial charge < -0.3 is 4.57 Å². The van der Waals surface area contributed by atoms with Crippen molar-refractivity contribution in [3.8, 4) is 0 Å². The Kier molecular flexibility index (Phi) is 3.38. The van der Waals surface area contributed by atoms with Crippen LogP contribution in [0, 0.1) is 0 Å². The highest BCUT2D eigenvalue weighted by Gasteiger charge is 2.07. The number of amides is 1. The molecule has 0 atom stereocenters. The quantitative estimate of drug-likeness (QED) is 0.655. The average molecular weight is 353 g/mol. The molecule has 2 heterocycles. The topological polar surface area (TPSA) is 34.4 Å². The molecule has 0 aliphatic heterocycles. The molecular formula is C13H9BrN2OS2. The smallest absolute Gasteiger partial charge is 0.289 e. The zero-order chi connectivity index (χ0) is 13.4. The fourth-order valence-electron chi connectivity index (χ4n) is 1.76. The first kappa shape index (κ1) is 12.8. The van der Waals surface area contributed by atoms with Gasteiger partial charge in [-0.3, -0.25) is 4.79 Å². The minimum absolute atomic E-state index is 0.184. The number of halogens is 1. The third kappa shape index (κ3) is 2.43. The van der Waals surface area contributed by atoms with Gasteiger partial charge in [0.25, 0.3) is 5.91 Å². The van der Waals surface area contributed by atoms with Crippen molar-refractivity contribution in [3.05, 3.63) is 49.9 Å². The number of thiazole rings is 1. The maximum atomic E-state index is 12.0. The van der Waals surface area contributed by atoms with Gasteiger partial charge >= 0.3 is 0 Å². The van der Waals surface area contributed by atoms with E-state index < -0.39 is 0 Å². The van der Waals surface area contributed by atoms with Crippen LogP contribution in [-0.2, 0) is 7.05 Å². The predicted molar refractivity (Wildman–Crippen MR) is 82.7 cm³/mol. The van der Waals surface area contributed by atoms with Crippen molar-refractivity contribution in [3.63, 3.8) is 0 Å². The zero-order valence-corrected chi connectivity index (χ0v) is 13.2. The highest BCUT2D eigenvalue weighted by Crippen LogP contribution is 2.21. The molecule has 0 saturated heterocycles. The number of nitrogens with zero attached hydrogens (tertiary/aromatic N) is 2. The van der Waals surface area contributed by atoms with Crippen molar-refractivity contribution in [1.29, 1.82) is 0 Å². The normalized spacial score (nSPS) is 12.2. The number of carbonyl (C=O) groups is 1. The van der Waals surface area contributed by atoms with Crippen molar-refractivity contribution in [2.24, 2.45) is 12.0 Å². The van der Waals surface area contributed by atoms with Gasteiger partial charge in [0, 0.05) is 11.5 Å². The largest absolute Gasteiger partial charge is 0.319 e. The van der Waals surface area contributed by atoms with E-state index >= 15 is 0 Å². The Labute approximate surface area is 126 Å². The molecule has 0 radical (unpaired) electrons. The van der Waals surface area contributed by atoms with Crippen molar-refractivity contribution in [2.45, 2.75) is 0 Å². The third-order valence-electron chi connectivity index (χ3n) is 2.70. The monoisotopic (exact) mass is 352 g/mol. The molecule has 96 valence electrons. The van der Waals surface area contributed by atoms with Crippen LogP contribution in [0.5, 0.6) is 0 Å². The van der Waals surface area contributed by atoms with Crippen LogP contribution in [0.1, 0.15) is 9.67 Å². The van der Waals surface area contributed by atoms with Gasteiger partial charge in [0.05, 0.1) is 15.1 Å². The molecule has 1 aromatic carbocycles. The average Bonchev–Trinajstić information content (AvgIpc) is 2.99. The van der Waals surface area contributed by atoms with Crippen LogP contribution in [0.25, 0.3) is 10.2 Å². The molecule has 0 bridgehead atoms. The van der Waals surface area contributed by atoms with E-state index in [0.29, 0.717) is 9.68 Å². The molecule has 0 N–H and O–H groups in total. The summed E-state index contributed by atoms with van der Waals surface area (Å²) in [7, 11) is 1.92. The second-order valence-electron chi connectivity index (χ2n) is 3.95. The van der Waals surface area contributed by atoms with Crippen molar-refractivity contribution in [2.75, 3.05) is 0 Å². The molecule has 3 rings (SSSR count). The molecule has 2 aromatic heterocycles. The number of aryl methyl sites for hydroxylation is 1. The van der Waals surface area contributed by atoms with Crippen molar-refractivity contribution < 1.29 is 4.79 Å². The number of fused-ring (bicyclic) bond motifs is 1. The first-order valence-electron chi connectivity index (χ1n) is 5.53. The van der Waals surface area contributed by atoms with Crippen LogP contribution in [0.4, 0.5) is 0 Å². The lowest BCUT2D eigenvalue weighted by atomic mass is 10.3. The molecule has 0 saturated carbocycles. The third-order valence-corrected chi connectivity index (χ3v) is 5.15. The number of thiophene rings is 1. The van der Waals surface area contributed by atoms with Crippen LogP contribution in [0.2, 0.25) is 0 Å². The molecule has 1 amide bonds. The van der Waals surface area contributed by atoms with E-state index in [9.17, 15) is 4.79 Å². The fourth-order valence-corrected chi connectivity index (χ4v) is 3.93. The highest BCUT2D eigenvalue weighted by atomic mass is 79.9. The molecular weight excluding hydrogens is 344 g/mol. The van der Waals surface area contributed by atoms with Crippen LogP contribution >= 0.6 is 38.6 Å². The number of benzene rings is 1. The lowest BCUT2D eigenvalue weighted by molar-refractivity contribution is 0.100. The van der Waals surface area contributed by atoms with Gasteiger partial charge in [0.2, 0.25) is 0 Å². The lowest BCUT2D eigenvalue weighted by Gasteiger charge is -1.95. The first-order valence-corrected chi connectivity index (χ1v) is 8.02. The Morgan fingerprint density at radius 3 is 2.95 bits per heavy atom. The summed E-state index contributed by atoms with van der Waals surface area (Å²) in [4.78, 5) is 17.6. The summed E-state index contributed by atoms with van der Waals surface area (Å²) in [5.41, 5.74) is 1.07. The van der Waals surface area contributed by atoms with Crippen LogP contribution in [0.15, 0.2) is 45.2 Å². The van der Waals surface area contributed by atoms with Gasteiger partial charge in [0.1, 0.15) is 0 Å². The summed E-state index contributed by atoms with van der Waals surface area (Å²) in [5.74, 6) is -0.184. The number of hydrogen-bond acceptors (Lipinski definition) is 3. The second-order valence-corrected chi connectivity index (χ2v) is 6.82. The van der Waals surface area contributed by atoms with Gasteiger partial charge in [0.15, 0.2) is 4.80 Å². The van der Waals surface area contributed by atoms with Gasteiger partial charge in [-0.15, -0.1) is 11.3 Å². The minimum atomic E-state index is -0.184. The molecule has 19 heavy (non-hydrogen) atoms. The first-order chi connectivity index (χ1) is 9.15. The summed E-state index contributed by atoms with van der Waals surface area (Å²) in [6.45, 7) is 0. The summed E-state index contributed by atoms with van der Waals surface area (Å²) in [6, 6.07) is 9.69. The van der Waals surface area contributed by atoms with Crippen LogP contribution in [-0.4, -0.2) is 10.5 Å². The molecule has 3 nitrogen and oxygen atoms in total. The summed E-state index contributed by atoms with van der Waals surface area (Å²) in [6.07, 6.45) is 0. The molecule has 0 spiro atoms. The molecule has 0 unspecified atom stereocenters. The second kappa shape index (κ2) is 5.03. The highest BCUT2D eigenvalue weighted by molar-refractivity contribution is 9.10. The van der Waals surface area contributed by atoms with E-state index in [4.69, 9.17) is 0 Å². The summed E-state index contributed by atoms with van der Waals surface area (Å²) >= 11 is 6.37. The van der Waals surface area contributed by atoms with Crippen LogP contribution < -0.4 is 4.80 Å². The standard InChI is InChI=1S/C13H9BrN2OS2/c1-16-9-5-4-8(14)7-11(9)19-13(16)15-12(17)10-3-2-6-18-10/h2-7H,1H3. The Balaban J connectivity index is 2.15. The van der Waals surface area contributed by atoms with Gasteiger partial charge in [-0.1, -0.05) is 33.3 Å². The predicted octanol–water partition coefficient (Wildman–Crippen LogP) is 3.80. The van der Waals surface area contributed by atoms with E-state index in [0.717, 1.165) is 14.7 Å². The Hall–Kier alpha value is -1.24. The van der Waals surface area contributed by atoms with E-state index in [1.807, 2.05) is 41.3 Å². The maximum Gasteiger partial charge on any atom is 0.289 e. The fraction of sp³-hybridized carbons (Fsp3) is 0.0769. The van der Waals surface area contributed by atoms with Gasteiger partial charge in [-0.2, -0.15) is 4.99 Å². The van der Waals surface area contributed by atoms with E-state index in [2.05, 4.69) is 20.9 Å². The number of carbonyl (C=O) groups excluding carboxylic acids is 1. The number of hydrogen-bond donors (Lipinski definition) is 0. The molecule has 0 fully saturated rings. The van der Waals surface area contributed by atoms with E-state index in [1.54, 1.807) is 6.07 Å². The Morgan fingerprint density at radius 2 is 2.21 bits per heavy atom. The van der Waals surface area contributed by atoms with E-state index in [-0.39, 0.29) is 5.91 Å². The summed E-state index contributed by atoms with van der Waals surface area (Å²) in [5, 5.41) is 1.88. The van der Waals surface area contributed by atoms with Gasteiger partial charge in [-0.25, -0.2) is 0 Å². The molecule has 0 aliphatic carbocycles. The number of rotatable bonds is 1. The minimum Gasteiger partial charge on any atom is -0.319 e. The zero-order valence-electron chi connectivity index (χ0n) is 9.96. The van der Waals surface area contributed by atoms with Crippen molar-refractivity contribution >= 4 is 54.7 Å². The lowest BCUT2D eigenvalue weighted by Crippen LogP contribution is -2.12. The van der Waals surface area contributed by atoms with E-state index in [1.165, 1.54) is 22.7 Å². The SMILES string of the molecule is Cn1c(=NC(=O)c2cccs2)sc2cc(Br)ccc21. The molecule has 6 heteroatoms. The molecule has 3 aromatic rings. The summed E-state index contributed by atoms with van der Waals surface area (Å²) < 4.78 is 4.07. The Morgan fingerprint density at radius 1 is 1.37 bits per heavy atom. The maximum absolute atomic E-state index is 12.0. The Bertz CT molecular complexity index is 815. The molecule has 0 aliphatic rings. The number of aromatic nitrogens is 1. The van der Waals surface area contributed by atoms with Crippen LogP contribution in [0.3, 0.4) is 0 Å². The van der Waals surface area contributed by atoms with Crippen molar-refractivity contribution in [1.82, 2.24) is 4.57 Å².